The maximum atomic E-state index is 14.9. The van der Waals surface area contributed by atoms with Gasteiger partial charge in [0.25, 0.3) is 0 Å². The molecular weight excluding hydrogens is 662 g/mol. The Kier molecular flexibility index (Phi) is 13.1. The molecule has 0 saturated heterocycles. The highest BCUT2D eigenvalue weighted by Crippen LogP contribution is 2.54. The number of carbonyl (C=O) groups is 6. The molecule has 2 aliphatic rings. The molecule has 1 aromatic heterocycles. The van der Waals surface area contributed by atoms with Crippen molar-refractivity contribution in [1.82, 2.24) is 4.98 Å². The number of hydrogen-bond donors (Lipinski definition) is 0. The largest absolute Gasteiger partial charge is 0.458 e. The number of esters is 5. The van der Waals surface area contributed by atoms with E-state index in [0.717, 1.165) is 27.7 Å². The number of aromatic nitrogens is 1. The number of rotatable bonds is 9. The van der Waals surface area contributed by atoms with E-state index in [0.29, 0.717) is 0 Å². The van der Waals surface area contributed by atoms with Crippen LogP contribution in [0.5, 0.6) is 0 Å². The van der Waals surface area contributed by atoms with Gasteiger partial charge in [0.2, 0.25) is 0 Å². The Bertz CT molecular complexity index is 1530. The summed E-state index contributed by atoms with van der Waals surface area (Å²) in [6, 6.07) is 3.18. The molecule has 51 heavy (non-hydrogen) atoms. The zero-order valence-corrected chi connectivity index (χ0v) is 31.2. The number of ketones is 1. The number of allylic oxidation sites excluding steroid dienone is 1. The van der Waals surface area contributed by atoms with Crippen molar-refractivity contribution in [2.75, 3.05) is 6.61 Å². The summed E-state index contributed by atoms with van der Waals surface area (Å²) >= 11 is 0. The standard InChI is InChI=1S/C38H51NO12/c1-21(2)19-46-29-17-30(49-35(45)28-13-12-16-39-18-28)36(9,10)15-14-22(3)33(44)38(51-27(8)43)20-37(11,50-26(7)42)34(48-25(6)41)31(38)32(23(29)4)47-24(5)40/h12-16,18,21-22,29-32,34H,4,17,19-20H2,1-3,5-11H3. The van der Waals surface area contributed by atoms with Gasteiger partial charge < -0.3 is 28.4 Å². The quantitative estimate of drug-likeness (QED) is 0.192. The van der Waals surface area contributed by atoms with Crippen molar-refractivity contribution >= 4 is 35.6 Å². The number of carbonyl (C=O) groups excluding carboxylic acids is 6. The van der Waals surface area contributed by atoms with Crippen LogP contribution in [-0.2, 0) is 52.4 Å². The normalized spacial score (nSPS) is 30.6. The molecule has 8 unspecified atom stereocenters. The summed E-state index contributed by atoms with van der Waals surface area (Å²) in [7, 11) is 0. The van der Waals surface area contributed by atoms with Gasteiger partial charge in [-0.3, -0.25) is 29.0 Å². The average molecular weight is 714 g/mol. The van der Waals surface area contributed by atoms with E-state index in [1.165, 1.54) is 19.3 Å². The van der Waals surface area contributed by atoms with Crippen molar-refractivity contribution in [3.05, 3.63) is 54.4 Å². The van der Waals surface area contributed by atoms with Crippen molar-refractivity contribution in [1.29, 1.82) is 0 Å². The molecule has 1 saturated carbocycles. The summed E-state index contributed by atoms with van der Waals surface area (Å²) in [4.78, 5) is 83.5. The molecule has 280 valence electrons. The van der Waals surface area contributed by atoms with E-state index in [-0.39, 0.29) is 30.1 Å². The first-order chi connectivity index (χ1) is 23.6. The molecule has 8 atom stereocenters. The summed E-state index contributed by atoms with van der Waals surface area (Å²) < 4.78 is 36.1. The maximum absolute atomic E-state index is 14.9. The Morgan fingerprint density at radius 2 is 1.57 bits per heavy atom. The van der Waals surface area contributed by atoms with Crippen molar-refractivity contribution < 1.29 is 57.2 Å². The van der Waals surface area contributed by atoms with Crippen molar-refractivity contribution in [2.24, 2.45) is 23.2 Å². The lowest BCUT2D eigenvalue weighted by atomic mass is 9.72. The van der Waals surface area contributed by atoms with E-state index in [9.17, 15) is 28.8 Å². The molecule has 13 heteroatoms. The molecule has 0 amide bonds. The summed E-state index contributed by atoms with van der Waals surface area (Å²) in [6.45, 7) is 19.6. The first-order valence-electron chi connectivity index (χ1n) is 17.0. The number of hydrogen-bond acceptors (Lipinski definition) is 13. The number of pyridine rings is 1. The van der Waals surface area contributed by atoms with Crippen LogP contribution in [0, 0.1) is 23.2 Å². The molecule has 0 radical (unpaired) electrons. The third kappa shape index (κ3) is 9.69. The molecule has 0 aliphatic heterocycles. The fraction of sp³-hybridized carbons (Fsp3) is 0.605. The van der Waals surface area contributed by atoms with Crippen LogP contribution in [0.15, 0.2) is 48.8 Å². The summed E-state index contributed by atoms with van der Waals surface area (Å²) in [5.41, 5.74) is -4.51. The number of Topliss-reactive ketones (excluding diaryl/α,β-unsaturated/α-hetero) is 1. The number of fused-ring (bicyclic) bond motifs is 1. The monoisotopic (exact) mass is 713 g/mol. The van der Waals surface area contributed by atoms with Crippen LogP contribution < -0.4 is 0 Å². The molecule has 0 spiro atoms. The van der Waals surface area contributed by atoms with Gasteiger partial charge in [0, 0.05) is 70.9 Å². The third-order valence-electron chi connectivity index (χ3n) is 9.15. The fourth-order valence-corrected chi connectivity index (χ4v) is 6.96. The molecule has 0 bridgehead atoms. The molecule has 1 fully saturated rings. The highest BCUT2D eigenvalue weighted by atomic mass is 16.6. The SMILES string of the molecule is C=C1C(OCC(C)C)CC(OC(=O)c2cccnc2)C(C)(C)C=CC(C)C(=O)C2(OC(C)=O)CC(C)(OC(C)=O)C(OC(C)=O)C2C1OC(C)=O. The second kappa shape index (κ2) is 16.3. The van der Waals surface area contributed by atoms with Crippen molar-refractivity contribution in [2.45, 2.75) is 118 Å². The highest BCUT2D eigenvalue weighted by Gasteiger charge is 2.71. The highest BCUT2D eigenvalue weighted by molar-refractivity contribution is 5.94. The molecule has 1 aromatic rings. The van der Waals surface area contributed by atoms with Gasteiger partial charge in [0.1, 0.15) is 12.2 Å². The van der Waals surface area contributed by atoms with E-state index >= 15 is 0 Å². The van der Waals surface area contributed by atoms with Crippen molar-refractivity contribution in [3.63, 3.8) is 0 Å². The molecule has 1 heterocycles. The Morgan fingerprint density at radius 3 is 2.10 bits per heavy atom. The van der Waals surface area contributed by atoms with Crippen LogP contribution in [-0.4, -0.2) is 82.8 Å². The van der Waals surface area contributed by atoms with Gasteiger partial charge in [-0.1, -0.05) is 53.3 Å². The zero-order chi connectivity index (χ0) is 38.5. The minimum atomic E-state index is -2.17. The van der Waals surface area contributed by atoms with Crippen LogP contribution >= 0.6 is 0 Å². The summed E-state index contributed by atoms with van der Waals surface area (Å²) in [5.74, 6) is -6.92. The minimum Gasteiger partial charge on any atom is -0.458 e. The van der Waals surface area contributed by atoms with Gasteiger partial charge in [-0.25, -0.2) is 4.79 Å². The lowest BCUT2D eigenvalue weighted by molar-refractivity contribution is -0.190. The lowest BCUT2D eigenvalue weighted by Gasteiger charge is -2.42. The van der Waals surface area contributed by atoms with Gasteiger partial charge >= 0.3 is 29.8 Å². The Balaban J connectivity index is 2.40. The lowest BCUT2D eigenvalue weighted by Crippen LogP contribution is -2.57. The van der Waals surface area contributed by atoms with Crippen LogP contribution in [0.25, 0.3) is 0 Å². The van der Waals surface area contributed by atoms with E-state index in [4.69, 9.17) is 28.4 Å². The van der Waals surface area contributed by atoms with Crippen LogP contribution in [0.4, 0.5) is 0 Å². The Morgan fingerprint density at radius 1 is 0.941 bits per heavy atom. The Hall–Kier alpha value is -4.39. The van der Waals surface area contributed by atoms with Crippen molar-refractivity contribution in [3.8, 4) is 0 Å². The van der Waals surface area contributed by atoms with Gasteiger partial charge in [-0.15, -0.1) is 0 Å². The second-order valence-corrected chi connectivity index (χ2v) is 14.6. The minimum absolute atomic E-state index is 0.00171. The molecular formula is C38H51NO12. The van der Waals surface area contributed by atoms with Gasteiger partial charge in [-0.05, 0) is 30.5 Å². The van der Waals surface area contributed by atoms with Crippen LogP contribution in [0.1, 0.15) is 92.4 Å². The fourth-order valence-electron chi connectivity index (χ4n) is 6.96. The van der Waals surface area contributed by atoms with Crippen LogP contribution in [0.2, 0.25) is 0 Å². The first kappa shape index (κ1) is 41.0. The molecule has 2 aliphatic carbocycles. The third-order valence-corrected chi connectivity index (χ3v) is 9.15. The van der Waals surface area contributed by atoms with E-state index in [1.54, 1.807) is 31.2 Å². The van der Waals surface area contributed by atoms with Gasteiger partial charge in [-0.2, -0.15) is 0 Å². The second-order valence-electron chi connectivity index (χ2n) is 14.6. The summed E-state index contributed by atoms with van der Waals surface area (Å²) in [6.07, 6.45) is 0.932. The maximum Gasteiger partial charge on any atom is 0.340 e. The van der Waals surface area contributed by atoms with E-state index in [2.05, 4.69) is 11.6 Å². The molecule has 3 rings (SSSR count). The molecule has 0 aromatic carbocycles. The van der Waals surface area contributed by atoms with E-state index in [1.807, 2.05) is 27.7 Å². The number of nitrogens with zero attached hydrogens (tertiary/aromatic N) is 1. The van der Waals surface area contributed by atoms with Gasteiger partial charge in [0.15, 0.2) is 23.1 Å². The predicted molar refractivity (Wildman–Crippen MR) is 183 cm³/mol. The zero-order valence-electron chi connectivity index (χ0n) is 31.2. The first-order valence-corrected chi connectivity index (χ1v) is 17.0. The van der Waals surface area contributed by atoms with Crippen LogP contribution in [0.3, 0.4) is 0 Å². The smallest absolute Gasteiger partial charge is 0.340 e. The number of ether oxygens (including phenoxy) is 6. The van der Waals surface area contributed by atoms with E-state index < -0.39 is 94.9 Å². The molecule has 0 N–H and O–H groups in total. The summed E-state index contributed by atoms with van der Waals surface area (Å²) in [5, 5.41) is 0. The topological polar surface area (TPSA) is 171 Å². The average Bonchev–Trinajstić information content (AvgIpc) is 3.24. The van der Waals surface area contributed by atoms with Gasteiger partial charge in [0.05, 0.1) is 17.6 Å². The predicted octanol–water partition coefficient (Wildman–Crippen LogP) is 4.90. The Labute approximate surface area is 299 Å². The molecule has 13 nitrogen and oxygen atoms in total.